The van der Waals surface area contributed by atoms with Crippen LogP contribution in [-0.4, -0.2) is 60.9 Å². The molecule has 1 aliphatic rings. The number of rotatable bonds is 5. The van der Waals surface area contributed by atoms with E-state index >= 15 is 0 Å². The minimum atomic E-state index is -0.296. The van der Waals surface area contributed by atoms with E-state index in [0.29, 0.717) is 36.8 Å². The Bertz CT molecular complexity index is 894. The summed E-state index contributed by atoms with van der Waals surface area (Å²) in [4.78, 5) is 14.7. The first-order chi connectivity index (χ1) is 13.2. The van der Waals surface area contributed by atoms with Crippen molar-refractivity contribution >= 4 is 5.91 Å². The van der Waals surface area contributed by atoms with Crippen molar-refractivity contribution in [2.75, 3.05) is 19.7 Å². The zero-order chi connectivity index (χ0) is 18.6. The number of likely N-dealkylation sites (tertiary alicyclic amines) is 1. The molecule has 140 valence electrons. The highest BCUT2D eigenvalue weighted by Crippen LogP contribution is 2.22. The van der Waals surface area contributed by atoms with Crippen molar-refractivity contribution in [2.45, 2.75) is 12.8 Å². The number of piperidine rings is 1. The van der Waals surface area contributed by atoms with Crippen LogP contribution in [0, 0.1) is 11.7 Å². The van der Waals surface area contributed by atoms with Crippen molar-refractivity contribution in [1.82, 2.24) is 35.3 Å². The number of hydrogen-bond donors (Lipinski definition) is 1. The van der Waals surface area contributed by atoms with Crippen LogP contribution < -0.4 is 4.74 Å². The molecule has 1 fully saturated rings. The highest BCUT2D eigenvalue weighted by atomic mass is 19.1. The molecule has 1 aromatic carbocycles. The molecule has 0 unspecified atom stereocenters. The van der Waals surface area contributed by atoms with Gasteiger partial charge in [-0.05, 0) is 47.5 Å². The number of ether oxygens (including phenoxy) is 1. The number of amides is 1. The summed E-state index contributed by atoms with van der Waals surface area (Å²) in [6.45, 7) is 1.73. The largest absolute Gasteiger partial charge is 0.493 e. The summed E-state index contributed by atoms with van der Waals surface area (Å²) in [6, 6.07) is 5.94. The number of nitrogens with one attached hydrogen (secondary N) is 1. The van der Waals surface area contributed by atoms with E-state index in [1.807, 2.05) is 0 Å². The standard InChI is InChI=1S/C17H18FN7O2/c18-13-3-5-14(6-4-13)27-10-12-2-1-7-24(9-12)17(26)15-8-19-21-16(15)25-11-20-22-23-25/h3-6,8,11-12H,1-2,7,9-10H2,(H,19,21)/t12-/m1/s1. The average molecular weight is 371 g/mol. The van der Waals surface area contributed by atoms with Crippen molar-refractivity contribution in [3.05, 3.63) is 48.2 Å². The summed E-state index contributed by atoms with van der Waals surface area (Å²) in [6.07, 6.45) is 4.75. The summed E-state index contributed by atoms with van der Waals surface area (Å²) in [5.41, 5.74) is 0.419. The first-order valence-electron chi connectivity index (χ1n) is 8.65. The maximum atomic E-state index is 13.0. The number of carbonyl (C=O) groups excluding carboxylic acids is 1. The number of aromatic nitrogens is 6. The molecule has 9 nitrogen and oxygen atoms in total. The van der Waals surface area contributed by atoms with E-state index in [1.54, 1.807) is 17.0 Å². The van der Waals surface area contributed by atoms with E-state index in [0.717, 1.165) is 12.8 Å². The Morgan fingerprint density at radius 2 is 2.19 bits per heavy atom. The molecule has 3 aromatic rings. The lowest BCUT2D eigenvalue weighted by Crippen LogP contribution is -2.41. The fourth-order valence-corrected chi connectivity index (χ4v) is 3.18. The summed E-state index contributed by atoms with van der Waals surface area (Å²) >= 11 is 0. The number of tetrazole rings is 1. The lowest BCUT2D eigenvalue weighted by molar-refractivity contribution is 0.0633. The molecule has 4 rings (SSSR count). The predicted octanol–water partition coefficient (Wildman–Crippen LogP) is 1.46. The van der Waals surface area contributed by atoms with Crippen molar-refractivity contribution in [1.29, 1.82) is 0 Å². The SMILES string of the molecule is O=C(c1cn[nH]c1-n1cnnn1)N1CCC[C@@H](COc2ccc(F)cc2)C1. The Balaban J connectivity index is 1.40. The summed E-state index contributed by atoms with van der Waals surface area (Å²) in [5.74, 6) is 0.845. The molecule has 0 radical (unpaired) electrons. The molecule has 1 aliphatic heterocycles. The Morgan fingerprint density at radius 1 is 1.33 bits per heavy atom. The molecule has 1 atom stereocenters. The van der Waals surface area contributed by atoms with Crippen LogP contribution in [0.15, 0.2) is 36.8 Å². The molecule has 0 aliphatic carbocycles. The maximum Gasteiger partial charge on any atom is 0.259 e. The first kappa shape index (κ1) is 17.1. The molecule has 1 N–H and O–H groups in total. The van der Waals surface area contributed by atoms with E-state index in [4.69, 9.17) is 4.74 Å². The van der Waals surface area contributed by atoms with Gasteiger partial charge in [0, 0.05) is 19.0 Å². The van der Waals surface area contributed by atoms with Gasteiger partial charge in [0.25, 0.3) is 5.91 Å². The zero-order valence-electron chi connectivity index (χ0n) is 14.5. The van der Waals surface area contributed by atoms with Crippen molar-refractivity contribution < 1.29 is 13.9 Å². The van der Waals surface area contributed by atoms with Crippen molar-refractivity contribution in [3.63, 3.8) is 0 Å². The highest BCUT2D eigenvalue weighted by molar-refractivity contribution is 5.97. The third-order valence-corrected chi connectivity index (χ3v) is 4.53. The number of hydrogen-bond acceptors (Lipinski definition) is 6. The zero-order valence-corrected chi connectivity index (χ0v) is 14.5. The quantitative estimate of drug-likeness (QED) is 0.728. The molecule has 10 heteroatoms. The monoisotopic (exact) mass is 371 g/mol. The third kappa shape index (κ3) is 3.78. The number of benzene rings is 1. The Hall–Kier alpha value is -3.30. The van der Waals surface area contributed by atoms with Crippen LogP contribution in [0.25, 0.3) is 5.82 Å². The van der Waals surface area contributed by atoms with Gasteiger partial charge < -0.3 is 9.64 Å². The van der Waals surface area contributed by atoms with Crippen molar-refractivity contribution in [2.24, 2.45) is 5.92 Å². The van der Waals surface area contributed by atoms with Crippen LogP contribution in [0.4, 0.5) is 4.39 Å². The molecular weight excluding hydrogens is 353 g/mol. The van der Waals surface area contributed by atoms with Gasteiger partial charge in [-0.25, -0.2) is 4.39 Å². The van der Waals surface area contributed by atoms with Gasteiger partial charge in [-0.15, -0.1) is 5.10 Å². The second-order valence-electron chi connectivity index (χ2n) is 6.41. The lowest BCUT2D eigenvalue weighted by atomic mass is 9.98. The van der Waals surface area contributed by atoms with Gasteiger partial charge in [0.2, 0.25) is 0 Å². The topological polar surface area (TPSA) is 102 Å². The number of aromatic amines is 1. The van der Waals surface area contributed by atoms with Gasteiger partial charge >= 0.3 is 0 Å². The van der Waals surface area contributed by atoms with Gasteiger partial charge in [-0.2, -0.15) is 9.78 Å². The minimum Gasteiger partial charge on any atom is -0.493 e. The normalized spacial score (nSPS) is 17.1. The van der Waals surface area contributed by atoms with Crippen LogP contribution in [-0.2, 0) is 0 Å². The second kappa shape index (κ2) is 7.52. The van der Waals surface area contributed by atoms with Crippen LogP contribution in [0.2, 0.25) is 0 Å². The minimum absolute atomic E-state index is 0.124. The van der Waals surface area contributed by atoms with Crippen molar-refractivity contribution in [3.8, 4) is 11.6 Å². The van der Waals surface area contributed by atoms with Gasteiger partial charge in [0.05, 0.1) is 12.8 Å². The van der Waals surface area contributed by atoms with Gasteiger partial charge in [0.15, 0.2) is 5.82 Å². The van der Waals surface area contributed by atoms with Crippen LogP contribution in [0.3, 0.4) is 0 Å². The molecule has 1 amide bonds. The van der Waals surface area contributed by atoms with Crippen LogP contribution in [0.5, 0.6) is 5.75 Å². The Labute approximate surface area is 154 Å². The van der Waals surface area contributed by atoms with E-state index < -0.39 is 0 Å². The average Bonchev–Trinajstić information content (AvgIpc) is 3.38. The first-order valence-corrected chi connectivity index (χ1v) is 8.65. The smallest absolute Gasteiger partial charge is 0.259 e. The number of carbonyl (C=O) groups is 1. The molecular formula is C17H18FN7O2. The highest BCUT2D eigenvalue weighted by Gasteiger charge is 2.27. The van der Waals surface area contributed by atoms with E-state index in [2.05, 4.69) is 25.7 Å². The third-order valence-electron chi connectivity index (χ3n) is 4.53. The molecule has 0 saturated carbocycles. The van der Waals surface area contributed by atoms with Gasteiger partial charge in [0.1, 0.15) is 23.5 Å². The fraction of sp³-hybridized carbons (Fsp3) is 0.353. The van der Waals surface area contributed by atoms with E-state index in [-0.39, 0.29) is 17.6 Å². The lowest BCUT2D eigenvalue weighted by Gasteiger charge is -2.32. The van der Waals surface area contributed by atoms with E-state index in [1.165, 1.54) is 29.3 Å². The molecule has 0 spiro atoms. The molecule has 2 aromatic heterocycles. The molecule has 0 bridgehead atoms. The maximum absolute atomic E-state index is 13.0. The second-order valence-corrected chi connectivity index (χ2v) is 6.41. The molecule has 1 saturated heterocycles. The van der Waals surface area contributed by atoms with E-state index in [9.17, 15) is 9.18 Å². The number of nitrogens with zero attached hydrogens (tertiary/aromatic N) is 6. The van der Waals surface area contributed by atoms with Crippen LogP contribution >= 0.6 is 0 Å². The van der Waals surface area contributed by atoms with Gasteiger partial charge in [-0.3, -0.25) is 9.89 Å². The Morgan fingerprint density at radius 3 is 2.96 bits per heavy atom. The summed E-state index contributed by atoms with van der Waals surface area (Å²) in [7, 11) is 0. The fourth-order valence-electron chi connectivity index (χ4n) is 3.18. The summed E-state index contributed by atoms with van der Waals surface area (Å²) < 4.78 is 20.1. The molecule has 3 heterocycles. The molecule has 27 heavy (non-hydrogen) atoms. The number of H-pyrrole nitrogens is 1. The summed E-state index contributed by atoms with van der Waals surface area (Å²) in [5, 5.41) is 17.7. The number of halogens is 1. The van der Waals surface area contributed by atoms with Gasteiger partial charge in [-0.1, -0.05) is 0 Å². The Kier molecular flexibility index (Phi) is 4.77. The van der Waals surface area contributed by atoms with Crippen LogP contribution in [0.1, 0.15) is 23.2 Å². The predicted molar refractivity (Wildman–Crippen MR) is 91.8 cm³/mol.